The average molecular weight is 264 g/mol. The Morgan fingerprint density at radius 1 is 0.947 bits per heavy atom. The maximum absolute atomic E-state index is 5.54. The third kappa shape index (κ3) is 2.15. The molecule has 1 N–H and O–H groups in total. The molecule has 108 valence electrons. The topological polar surface area (TPSA) is 13.7 Å². The molecule has 2 unspecified atom stereocenters. The van der Waals surface area contributed by atoms with Crippen LogP contribution in [0, 0.1) is 22.2 Å². The lowest BCUT2D eigenvalue weighted by Crippen LogP contribution is -3.15. The number of rotatable bonds is 2. The van der Waals surface area contributed by atoms with Gasteiger partial charge in [0.15, 0.2) is 0 Å². The summed E-state index contributed by atoms with van der Waals surface area (Å²) in [6, 6.07) is 0. The van der Waals surface area contributed by atoms with Crippen LogP contribution in [-0.4, -0.2) is 32.8 Å². The number of quaternary nitrogens is 1. The third-order valence-electron chi connectivity index (χ3n) is 6.57. The molecule has 2 heteroatoms. The van der Waals surface area contributed by atoms with Crippen LogP contribution in [0.1, 0.15) is 52.4 Å². The molecule has 0 aromatic carbocycles. The fourth-order valence-corrected chi connectivity index (χ4v) is 7.25. The first-order valence-electron chi connectivity index (χ1n) is 8.40. The minimum Gasteiger partial charge on any atom is -0.370 e. The molecule has 4 aliphatic carbocycles. The molecule has 0 amide bonds. The highest BCUT2D eigenvalue weighted by molar-refractivity contribution is 5.10. The number of ether oxygens (including phenoxy) is 1. The van der Waals surface area contributed by atoms with E-state index in [1.165, 1.54) is 51.7 Å². The molecule has 5 rings (SSSR count). The highest BCUT2D eigenvalue weighted by Crippen LogP contribution is 2.69. The van der Waals surface area contributed by atoms with Crippen molar-refractivity contribution in [2.24, 2.45) is 22.2 Å². The zero-order chi connectivity index (χ0) is 13.1. The van der Waals surface area contributed by atoms with Crippen molar-refractivity contribution in [3.05, 3.63) is 0 Å². The molecule has 1 aliphatic heterocycles. The summed E-state index contributed by atoms with van der Waals surface area (Å²) in [5, 5.41) is 0. The lowest BCUT2D eigenvalue weighted by molar-refractivity contribution is -0.915. The quantitative estimate of drug-likeness (QED) is 0.804. The number of morpholine rings is 1. The zero-order valence-corrected chi connectivity index (χ0v) is 12.8. The van der Waals surface area contributed by atoms with Crippen LogP contribution in [0.15, 0.2) is 0 Å². The summed E-state index contributed by atoms with van der Waals surface area (Å²) in [6.07, 6.45) is 9.16. The Morgan fingerprint density at radius 3 is 2.16 bits per heavy atom. The summed E-state index contributed by atoms with van der Waals surface area (Å²) in [6.45, 7) is 11.1. The lowest BCUT2D eigenvalue weighted by Gasteiger charge is -2.65. The van der Waals surface area contributed by atoms with Crippen LogP contribution in [0.2, 0.25) is 0 Å². The summed E-state index contributed by atoms with van der Waals surface area (Å²) in [5.41, 5.74) is 2.05. The molecular weight excluding hydrogens is 234 g/mol. The van der Waals surface area contributed by atoms with Gasteiger partial charge in [0.25, 0.3) is 0 Å². The van der Waals surface area contributed by atoms with Crippen molar-refractivity contribution in [2.75, 3.05) is 32.8 Å². The van der Waals surface area contributed by atoms with E-state index < -0.39 is 0 Å². The highest BCUT2D eigenvalue weighted by atomic mass is 16.5. The maximum Gasteiger partial charge on any atom is 0.101 e. The Kier molecular flexibility index (Phi) is 2.65. The van der Waals surface area contributed by atoms with E-state index in [1.807, 2.05) is 4.90 Å². The Morgan fingerprint density at radius 2 is 1.58 bits per heavy atom. The van der Waals surface area contributed by atoms with Gasteiger partial charge in [-0.25, -0.2) is 0 Å². The van der Waals surface area contributed by atoms with Crippen LogP contribution in [0.5, 0.6) is 0 Å². The Balaban J connectivity index is 1.56. The third-order valence-corrected chi connectivity index (χ3v) is 6.57. The van der Waals surface area contributed by atoms with Crippen LogP contribution in [-0.2, 0) is 4.74 Å². The van der Waals surface area contributed by atoms with E-state index in [1.54, 1.807) is 6.42 Å². The van der Waals surface area contributed by atoms with Crippen molar-refractivity contribution >= 4 is 0 Å². The summed E-state index contributed by atoms with van der Waals surface area (Å²) in [5.74, 6) is 1.05. The highest BCUT2D eigenvalue weighted by Gasteiger charge is 2.61. The fraction of sp³-hybridized carbons (Fsp3) is 1.00. The van der Waals surface area contributed by atoms with E-state index in [0.29, 0.717) is 16.2 Å². The van der Waals surface area contributed by atoms with Gasteiger partial charge in [0, 0.05) is 5.41 Å². The summed E-state index contributed by atoms with van der Waals surface area (Å²) in [7, 11) is 0. The standard InChI is InChI=1S/C17H29NO/c1-15-7-14-8-16(2,10-15)12-17(9-14,11-15)13-18-3-5-19-6-4-18/h14H,3-13H2,1-2H3/p+1. The molecular formula is C17H30NO+. The molecule has 0 aromatic heterocycles. The molecule has 0 spiro atoms. The molecule has 1 saturated heterocycles. The normalized spacial score (nSPS) is 53.7. The van der Waals surface area contributed by atoms with Crippen LogP contribution in [0.25, 0.3) is 0 Å². The Hall–Kier alpha value is -0.0800. The van der Waals surface area contributed by atoms with Gasteiger partial charge in [-0.2, -0.15) is 0 Å². The minimum atomic E-state index is 0.680. The van der Waals surface area contributed by atoms with E-state index >= 15 is 0 Å². The second-order valence-electron chi connectivity index (χ2n) is 9.17. The van der Waals surface area contributed by atoms with Crippen LogP contribution >= 0.6 is 0 Å². The van der Waals surface area contributed by atoms with Crippen molar-refractivity contribution in [2.45, 2.75) is 52.4 Å². The zero-order valence-electron chi connectivity index (χ0n) is 12.8. The average Bonchev–Trinajstić information content (AvgIpc) is 2.24. The number of hydrogen-bond acceptors (Lipinski definition) is 1. The smallest absolute Gasteiger partial charge is 0.101 e. The van der Waals surface area contributed by atoms with E-state index in [9.17, 15) is 0 Å². The molecule has 4 bridgehead atoms. The molecule has 0 radical (unpaired) electrons. The van der Waals surface area contributed by atoms with Gasteiger partial charge in [-0.3, -0.25) is 0 Å². The number of nitrogens with one attached hydrogen (secondary N) is 1. The number of hydrogen-bond donors (Lipinski definition) is 1. The molecule has 2 atom stereocenters. The minimum absolute atomic E-state index is 0.680. The first kappa shape index (κ1) is 12.6. The first-order valence-corrected chi connectivity index (χ1v) is 8.40. The van der Waals surface area contributed by atoms with E-state index in [2.05, 4.69) is 13.8 Å². The Bertz CT molecular complexity index is 355. The SMILES string of the molecule is CC12CC3CC(C)(C1)CC(C[NH+]1CCOCC1)(C3)C2. The first-order chi connectivity index (χ1) is 8.99. The molecule has 2 nitrogen and oxygen atoms in total. The molecule has 19 heavy (non-hydrogen) atoms. The van der Waals surface area contributed by atoms with Gasteiger partial charge in [0.1, 0.15) is 13.1 Å². The van der Waals surface area contributed by atoms with Gasteiger partial charge in [-0.1, -0.05) is 13.8 Å². The van der Waals surface area contributed by atoms with Crippen LogP contribution in [0.4, 0.5) is 0 Å². The molecule has 5 fully saturated rings. The second-order valence-corrected chi connectivity index (χ2v) is 9.17. The lowest BCUT2D eigenvalue weighted by atomic mass is 9.40. The van der Waals surface area contributed by atoms with Crippen molar-refractivity contribution in [3.8, 4) is 0 Å². The molecule has 5 aliphatic rings. The van der Waals surface area contributed by atoms with E-state index in [0.717, 1.165) is 19.1 Å². The van der Waals surface area contributed by atoms with E-state index in [4.69, 9.17) is 4.74 Å². The van der Waals surface area contributed by atoms with Gasteiger partial charge in [-0.15, -0.1) is 0 Å². The molecule has 1 heterocycles. The summed E-state index contributed by atoms with van der Waals surface area (Å²) < 4.78 is 5.54. The van der Waals surface area contributed by atoms with Crippen LogP contribution < -0.4 is 4.90 Å². The predicted octanol–water partition coefficient (Wildman–Crippen LogP) is 1.90. The van der Waals surface area contributed by atoms with Crippen molar-refractivity contribution in [1.29, 1.82) is 0 Å². The summed E-state index contributed by atoms with van der Waals surface area (Å²) in [4.78, 5) is 1.83. The van der Waals surface area contributed by atoms with Gasteiger partial charge in [0.05, 0.1) is 19.8 Å². The van der Waals surface area contributed by atoms with Gasteiger partial charge in [-0.05, 0) is 55.3 Å². The molecule has 4 saturated carbocycles. The van der Waals surface area contributed by atoms with E-state index in [-0.39, 0.29) is 0 Å². The monoisotopic (exact) mass is 264 g/mol. The second kappa shape index (κ2) is 3.98. The van der Waals surface area contributed by atoms with Crippen molar-refractivity contribution in [1.82, 2.24) is 0 Å². The summed E-state index contributed by atoms with van der Waals surface area (Å²) >= 11 is 0. The molecule has 0 aromatic rings. The predicted molar refractivity (Wildman–Crippen MR) is 76.2 cm³/mol. The van der Waals surface area contributed by atoms with Crippen LogP contribution in [0.3, 0.4) is 0 Å². The van der Waals surface area contributed by atoms with Gasteiger partial charge < -0.3 is 9.64 Å². The van der Waals surface area contributed by atoms with Crippen molar-refractivity contribution in [3.63, 3.8) is 0 Å². The van der Waals surface area contributed by atoms with Crippen molar-refractivity contribution < 1.29 is 9.64 Å². The van der Waals surface area contributed by atoms with Gasteiger partial charge in [0.2, 0.25) is 0 Å². The van der Waals surface area contributed by atoms with Gasteiger partial charge >= 0.3 is 0 Å². The fourth-order valence-electron chi connectivity index (χ4n) is 7.25. The maximum atomic E-state index is 5.54. The largest absolute Gasteiger partial charge is 0.370 e. The Labute approximate surface area is 117 Å².